The van der Waals surface area contributed by atoms with Crippen LogP contribution in [-0.2, 0) is 20.0 Å². The van der Waals surface area contributed by atoms with Crippen molar-refractivity contribution in [3.8, 4) is 11.5 Å². The van der Waals surface area contributed by atoms with Gasteiger partial charge in [-0.2, -0.15) is 9.39 Å². The Hall–Kier alpha value is -3.77. The van der Waals surface area contributed by atoms with Gasteiger partial charge < -0.3 is 9.47 Å². The maximum Gasteiger partial charge on any atom is 0.343 e. The number of sulfone groups is 1. The van der Waals surface area contributed by atoms with Crippen LogP contribution in [-0.4, -0.2) is 54.7 Å². The zero-order valence-electron chi connectivity index (χ0n) is 20.7. The van der Waals surface area contributed by atoms with Gasteiger partial charge >= 0.3 is 5.97 Å². The van der Waals surface area contributed by atoms with Crippen LogP contribution in [0.2, 0.25) is 0 Å². The number of carbonyl (C=O) groups excluding carboxylic acids is 2. The van der Waals surface area contributed by atoms with Crippen molar-refractivity contribution in [1.29, 1.82) is 5.41 Å². The maximum atomic E-state index is 12.7. The van der Waals surface area contributed by atoms with Crippen LogP contribution in [0.25, 0.3) is 6.08 Å². The minimum atomic E-state index is -3.75. The lowest BCUT2D eigenvalue weighted by Gasteiger charge is -2.23. The molecule has 12 heteroatoms. The van der Waals surface area contributed by atoms with Crippen molar-refractivity contribution in [3.05, 3.63) is 64.7 Å². The number of aliphatic imine (C=N–C) groups is 1. The normalized spacial score (nSPS) is 16.9. The number of rotatable bonds is 4. The zero-order valence-corrected chi connectivity index (χ0v) is 22.4. The summed E-state index contributed by atoms with van der Waals surface area (Å²) in [4.78, 5) is 30.2. The Morgan fingerprint density at radius 3 is 2.38 bits per heavy atom. The lowest BCUT2D eigenvalue weighted by atomic mass is 9.87. The van der Waals surface area contributed by atoms with Gasteiger partial charge in [-0.3, -0.25) is 10.2 Å². The van der Waals surface area contributed by atoms with Crippen molar-refractivity contribution < 1.29 is 27.5 Å². The number of hydrogen-bond acceptors (Lipinski definition) is 9. The zero-order chi connectivity index (χ0) is 27.1. The van der Waals surface area contributed by atoms with Gasteiger partial charge in [0.25, 0.3) is 5.91 Å². The van der Waals surface area contributed by atoms with Crippen molar-refractivity contribution in [2.24, 2.45) is 9.39 Å². The monoisotopic (exact) mass is 540 g/mol. The van der Waals surface area contributed by atoms with Crippen molar-refractivity contribution in [1.82, 2.24) is 4.90 Å². The predicted molar refractivity (Wildman–Crippen MR) is 143 cm³/mol. The van der Waals surface area contributed by atoms with Crippen molar-refractivity contribution in [3.63, 3.8) is 0 Å². The van der Waals surface area contributed by atoms with Gasteiger partial charge in [0, 0.05) is 6.26 Å². The SMILES string of the molecule is COc1cc(/C=C2/C(=N)N3C(=NC2=O)SN=C3S(C)(=O)=O)ccc1OC(=O)c1ccc(C(C)(C)C)cc1. The van der Waals surface area contributed by atoms with Gasteiger partial charge in [-0.1, -0.05) is 39.0 Å². The predicted octanol–water partition coefficient (Wildman–Crippen LogP) is 3.83. The summed E-state index contributed by atoms with van der Waals surface area (Å²) in [5, 5.41) is 8.08. The smallest absolute Gasteiger partial charge is 0.343 e. The Morgan fingerprint density at radius 2 is 1.78 bits per heavy atom. The first kappa shape index (κ1) is 26.3. The Labute approximate surface area is 218 Å². The molecule has 10 nitrogen and oxygen atoms in total. The van der Waals surface area contributed by atoms with Crippen LogP contribution in [0.1, 0.15) is 42.3 Å². The molecule has 0 fully saturated rings. The third kappa shape index (κ3) is 5.35. The highest BCUT2D eigenvalue weighted by atomic mass is 32.2. The van der Waals surface area contributed by atoms with Crippen LogP contribution < -0.4 is 9.47 Å². The standard InChI is InChI=1S/C25H24N4O6S2/c1-25(2,3)16-9-7-15(8-10-16)22(31)35-18-11-6-14(13-19(18)34-4)12-17-20(26)29-23(27-21(17)30)36-28-24(29)37(5,32)33/h6-13,26H,1-5H3/b17-12-,26-20?. The second-order valence-corrected chi connectivity index (χ2v) is 11.9. The third-order valence-corrected chi connectivity index (χ3v) is 7.27. The van der Waals surface area contributed by atoms with Gasteiger partial charge in [0.2, 0.25) is 20.2 Å². The minimum absolute atomic E-state index is 0.00273. The van der Waals surface area contributed by atoms with E-state index < -0.39 is 21.7 Å². The number of hydrogen-bond donors (Lipinski definition) is 1. The first-order valence-corrected chi connectivity index (χ1v) is 13.7. The fourth-order valence-electron chi connectivity index (χ4n) is 3.53. The maximum absolute atomic E-state index is 12.7. The molecule has 0 saturated heterocycles. The highest BCUT2D eigenvalue weighted by Crippen LogP contribution is 2.33. The van der Waals surface area contributed by atoms with Crippen LogP contribution in [0.3, 0.4) is 0 Å². The lowest BCUT2D eigenvalue weighted by molar-refractivity contribution is -0.114. The molecule has 0 radical (unpaired) electrons. The number of nitrogens with one attached hydrogen (secondary N) is 1. The number of benzene rings is 2. The van der Waals surface area contributed by atoms with Gasteiger partial charge in [-0.15, -0.1) is 0 Å². The van der Waals surface area contributed by atoms with E-state index >= 15 is 0 Å². The molecule has 0 aliphatic carbocycles. The molecule has 0 atom stereocenters. The van der Waals surface area contributed by atoms with Crippen LogP contribution in [0.15, 0.2) is 57.4 Å². The molecular formula is C25H24N4O6S2. The average molecular weight is 541 g/mol. The molecule has 4 rings (SSSR count). The molecule has 2 aliphatic rings. The summed E-state index contributed by atoms with van der Waals surface area (Å²) < 4.78 is 38.9. The Bertz CT molecular complexity index is 1520. The number of nitrogens with zero attached hydrogens (tertiary/aromatic N) is 3. The summed E-state index contributed by atoms with van der Waals surface area (Å²) in [6.07, 6.45) is 2.35. The summed E-state index contributed by atoms with van der Waals surface area (Å²) in [5.41, 5.74) is 1.73. The number of methoxy groups -OCH3 is 1. The molecule has 0 saturated carbocycles. The summed E-state index contributed by atoms with van der Waals surface area (Å²) in [6, 6.07) is 11.8. The molecule has 37 heavy (non-hydrogen) atoms. The molecule has 0 bridgehead atoms. The molecular weight excluding hydrogens is 516 g/mol. The highest BCUT2D eigenvalue weighted by molar-refractivity contribution is 8.16. The van der Waals surface area contributed by atoms with Crippen molar-refractivity contribution >= 4 is 55.9 Å². The second-order valence-electron chi connectivity index (χ2n) is 9.31. The van der Waals surface area contributed by atoms with Crippen LogP contribution in [0, 0.1) is 5.41 Å². The molecule has 0 unspecified atom stereocenters. The Morgan fingerprint density at radius 1 is 1.11 bits per heavy atom. The van der Waals surface area contributed by atoms with Gasteiger partial charge in [0.05, 0.1) is 30.2 Å². The Balaban J connectivity index is 1.59. The minimum Gasteiger partial charge on any atom is -0.493 e. The van der Waals surface area contributed by atoms with Crippen LogP contribution in [0.4, 0.5) is 0 Å². The molecule has 0 aromatic heterocycles. The van der Waals surface area contributed by atoms with Gasteiger partial charge in [-0.05, 0) is 46.9 Å². The van der Waals surface area contributed by atoms with E-state index in [0.717, 1.165) is 28.7 Å². The van der Waals surface area contributed by atoms with E-state index in [9.17, 15) is 18.0 Å². The topological polar surface area (TPSA) is 139 Å². The van der Waals surface area contributed by atoms with E-state index in [0.29, 0.717) is 11.1 Å². The fraction of sp³-hybridized carbons (Fsp3) is 0.240. The molecule has 2 aromatic rings. The third-order valence-electron chi connectivity index (χ3n) is 5.51. The molecule has 1 N–H and O–H groups in total. The molecule has 2 aromatic carbocycles. The largest absolute Gasteiger partial charge is 0.493 e. The molecule has 2 aliphatic heterocycles. The number of esters is 1. The number of carbonyl (C=O) groups is 2. The second kappa shape index (κ2) is 9.60. The summed E-state index contributed by atoms with van der Waals surface area (Å²) >= 11 is 0.718. The van der Waals surface area contributed by atoms with E-state index in [-0.39, 0.29) is 38.7 Å². The fourth-order valence-corrected chi connectivity index (χ4v) is 5.37. The summed E-state index contributed by atoms with van der Waals surface area (Å²) in [6.45, 7) is 6.24. The van der Waals surface area contributed by atoms with E-state index in [1.807, 2.05) is 12.1 Å². The Kier molecular flexibility index (Phi) is 6.82. The number of ether oxygens (including phenoxy) is 2. The van der Waals surface area contributed by atoms with E-state index in [4.69, 9.17) is 14.9 Å². The molecule has 0 spiro atoms. The van der Waals surface area contributed by atoms with Crippen LogP contribution in [0.5, 0.6) is 11.5 Å². The van der Waals surface area contributed by atoms with Crippen molar-refractivity contribution in [2.45, 2.75) is 26.2 Å². The number of amidine groups is 3. The lowest BCUT2D eigenvalue weighted by Crippen LogP contribution is -2.45. The number of amides is 1. The van der Waals surface area contributed by atoms with Gasteiger partial charge in [-0.25, -0.2) is 18.1 Å². The molecule has 192 valence electrons. The molecule has 1 amide bonds. The summed E-state index contributed by atoms with van der Waals surface area (Å²) in [7, 11) is -2.35. The van der Waals surface area contributed by atoms with Crippen LogP contribution >= 0.6 is 11.9 Å². The summed E-state index contributed by atoms with van der Waals surface area (Å²) in [5.74, 6) is -1.24. The highest BCUT2D eigenvalue weighted by Gasteiger charge is 2.41. The average Bonchev–Trinajstić information content (AvgIpc) is 3.26. The van der Waals surface area contributed by atoms with E-state index in [1.165, 1.54) is 25.3 Å². The van der Waals surface area contributed by atoms with Gasteiger partial charge in [0.15, 0.2) is 11.5 Å². The van der Waals surface area contributed by atoms with E-state index in [1.54, 1.807) is 18.2 Å². The van der Waals surface area contributed by atoms with E-state index in [2.05, 4.69) is 30.2 Å². The molecule has 2 heterocycles. The number of fused-ring (bicyclic) bond motifs is 1. The first-order valence-electron chi connectivity index (χ1n) is 11.0. The van der Waals surface area contributed by atoms with Gasteiger partial charge in [0.1, 0.15) is 5.84 Å². The quantitative estimate of drug-likeness (QED) is 0.267. The van der Waals surface area contributed by atoms with Crippen molar-refractivity contribution in [2.75, 3.05) is 13.4 Å². The first-order chi connectivity index (χ1) is 17.3.